The Morgan fingerprint density at radius 2 is 2.03 bits per heavy atom. The van der Waals surface area contributed by atoms with E-state index in [4.69, 9.17) is 4.74 Å². The highest BCUT2D eigenvalue weighted by Gasteiger charge is 2.61. The molecular formula is C33H51NO3. The third-order valence-electron chi connectivity index (χ3n) is 12.4. The molecule has 1 spiro atoms. The Labute approximate surface area is 225 Å². The minimum Gasteiger partial charge on any atom is -0.393 e. The molecule has 2 saturated carbocycles. The lowest BCUT2D eigenvalue weighted by Crippen LogP contribution is -2.52. The number of aliphatic hydroxyl groups excluding tert-OH is 1. The fourth-order valence-electron chi connectivity index (χ4n) is 10.4. The number of likely N-dealkylation sites (tertiary alicyclic amines) is 1. The van der Waals surface area contributed by atoms with Crippen molar-refractivity contribution in [1.82, 2.24) is 4.90 Å². The van der Waals surface area contributed by atoms with E-state index in [1.807, 2.05) is 6.92 Å². The normalized spacial score (nSPS) is 47.4. The van der Waals surface area contributed by atoms with E-state index >= 15 is 0 Å². The molecule has 0 amide bonds. The van der Waals surface area contributed by atoms with Crippen LogP contribution in [-0.2, 0) is 9.53 Å². The zero-order valence-electron chi connectivity index (χ0n) is 24.1. The first kappa shape index (κ1) is 26.3. The summed E-state index contributed by atoms with van der Waals surface area (Å²) in [7, 11) is 0. The lowest BCUT2D eigenvalue weighted by molar-refractivity contribution is -0.119. The number of nitrogens with zero attached hydrogens (tertiary/aromatic N) is 1. The quantitative estimate of drug-likeness (QED) is 0.431. The number of ether oxygens (including phenoxy) is 1. The maximum absolute atomic E-state index is 12.0. The van der Waals surface area contributed by atoms with Gasteiger partial charge in [0.1, 0.15) is 5.78 Å². The van der Waals surface area contributed by atoms with Crippen LogP contribution in [-0.4, -0.2) is 52.7 Å². The number of allylic oxidation sites excluding steroid dienone is 2. The monoisotopic (exact) mass is 509 g/mol. The Morgan fingerprint density at radius 1 is 1.22 bits per heavy atom. The van der Waals surface area contributed by atoms with Gasteiger partial charge in [0.05, 0.1) is 17.8 Å². The maximum atomic E-state index is 12.0. The molecule has 4 heteroatoms. The summed E-state index contributed by atoms with van der Waals surface area (Å²) in [6.07, 6.45) is 14.2. The summed E-state index contributed by atoms with van der Waals surface area (Å²) < 4.78 is 7.26. The number of ketones is 1. The molecule has 0 aromatic heterocycles. The summed E-state index contributed by atoms with van der Waals surface area (Å²) in [6.45, 7) is 14.0. The maximum Gasteiger partial charge on any atom is 0.132 e. The van der Waals surface area contributed by atoms with Crippen LogP contribution in [0.1, 0.15) is 105 Å². The Morgan fingerprint density at radius 3 is 2.81 bits per heavy atom. The summed E-state index contributed by atoms with van der Waals surface area (Å²) in [5.74, 6) is 3.78. The summed E-state index contributed by atoms with van der Waals surface area (Å²) >= 11 is 0. The van der Waals surface area contributed by atoms with Crippen molar-refractivity contribution in [3.63, 3.8) is 0 Å². The van der Waals surface area contributed by atoms with Crippen LogP contribution in [0.25, 0.3) is 0 Å². The molecule has 0 bridgehead atoms. The van der Waals surface area contributed by atoms with Gasteiger partial charge in [0, 0.05) is 31.3 Å². The number of piperidine rings is 1. The number of carbonyl (C=O) groups is 1. The van der Waals surface area contributed by atoms with Crippen LogP contribution >= 0.6 is 0 Å². The first-order chi connectivity index (χ1) is 17.7. The van der Waals surface area contributed by atoms with E-state index in [0.717, 1.165) is 62.9 Å². The van der Waals surface area contributed by atoms with Crippen molar-refractivity contribution in [3.8, 4) is 0 Å². The third kappa shape index (κ3) is 4.06. The van der Waals surface area contributed by atoms with Crippen LogP contribution in [0.4, 0.5) is 0 Å². The Hall–Kier alpha value is -0.970. The lowest BCUT2D eigenvalue weighted by Gasteiger charge is -2.49. The molecule has 6 aliphatic rings. The predicted octanol–water partition coefficient (Wildman–Crippen LogP) is 6.47. The molecule has 4 aliphatic carbocycles. The zero-order valence-corrected chi connectivity index (χ0v) is 24.1. The molecule has 0 unspecified atom stereocenters. The van der Waals surface area contributed by atoms with Crippen LogP contribution in [0.3, 0.4) is 0 Å². The molecule has 4 nitrogen and oxygen atoms in total. The van der Waals surface area contributed by atoms with E-state index in [1.54, 1.807) is 16.7 Å². The van der Waals surface area contributed by atoms with Gasteiger partial charge >= 0.3 is 0 Å². The van der Waals surface area contributed by atoms with Gasteiger partial charge in [0.15, 0.2) is 0 Å². The minimum absolute atomic E-state index is 0.101. The fourth-order valence-corrected chi connectivity index (χ4v) is 10.4. The molecule has 206 valence electrons. The van der Waals surface area contributed by atoms with Gasteiger partial charge in [0.25, 0.3) is 0 Å². The topological polar surface area (TPSA) is 49.8 Å². The van der Waals surface area contributed by atoms with Gasteiger partial charge in [-0.25, -0.2) is 0 Å². The number of hydrogen-bond acceptors (Lipinski definition) is 4. The molecule has 2 saturated heterocycles. The summed E-state index contributed by atoms with van der Waals surface area (Å²) in [4.78, 5) is 14.7. The van der Waals surface area contributed by atoms with Crippen molar-refractivity contribution in [3.05, 3.63) is 22.8 Å². The molecule has 0 aromatic carbocycles. The molecule has 6 rings (SSSR count). The largest absolute Gasteiger partial charge is 0.393 e. The molecule has 2 aliphatic heterocycles. The van der Waals surface area contributed by atoms with Gasteiger partial charge in [-0.1, -0.05) is 44.9 Å². The van der Waals surface area contributed by atoms with Crippen LogP contribution in [0, 0.1) is 35.0 Å². The van der Waals surface area contributed by atoms with Crippen molar-refractivity contribution >= 4 is 5.78 Å². The van der Waals surface area contributed by atoms with E-state index in [1.165, 1.54) is 32.1 Å². The average Bonchev–Trinajstić information content (AvgIpc) is 3.39. The number of aliphatic hydroxyl groups is 1. The lowest BCUT2D eigenvalue weighted by atomic mass is 9.56. The first-order valence-corrected chi connectivity index (χ1v) is 15.7. The highest BCUT2D eigenvalue weighted by Crippen LogP contribution is 2.65. The van der Waals surface area contributed by atoms with Crippen molar-refractivity contribution < 1.29 is 14.6 Å². The predicted molar refractivity (Wildman–Crippen MR) is 148 cm³/mol. The van der Waals surface area contributed by atoms with Gasteiger partial charge in [-0.2, -0.15) is 0 Å². The molecule has 4 fully saturated rings. The second-order valence-electron chi connectivity index (χ2n) is 14.2. The molecule has 0 radical (unpaired) electrons. The fraction of sp³-hybridized carbons (Fsp3) is 0.848. The third-order valence-corrected chi connectivity index (χ3v) is 12.4. The Kier molecular flexibility index (Phi) is 6.81. The molecular weight excluding hydrogens is 458 g/mol. The van der Waals surface area contributed by atoms with Crippen molar-refractivity contribution in [2.75, 3.05) is 13.1 Å². The van der Waals surface area contributed by atoms with E-state index in [0.29, 0.717) is 36.2 Å². The highest BCUT2D eigenvalue weighted by molar-refractivity contribution is 5.77. The summed E-state index contributed by atoms with van der Waals surface area (Å²) in [5, 5.41) is 10.4. The average molecular weight is 510 g/mol. The van der Waals surface area contributed by atoms with Crippen molar-refractivity contribution in [2.24, 2.45) is 35.0 Å². The van der Waals surface area contributed by atoms with Gasteiger partial charge in [-0.3, -0.25) is 9.69 Å². The van der Waals surface area contributed by atoms with Crippen molar-refractivity contribution in [2.45, 2.75) is 129 Å². The summed E-state index contributed by atoms with van der Waals surface area (Å²) in [5.41, 5.74) is 5.08. The second kappa shape index (κ2) is 9.59. The summed E-state index contributed by atoms with van der Waals surface area (Å²) in [6, 6.07) is 0.481. The zero-order chi connectivity index (χ0) is 26.1. The van der Waals surface area contributed by atoms with Crippen molar-refractivity contribution in [1.29, 1.82) is 0 Å². The number of hydrogen-bond donors (Lipinski definition) is 1. The smallest absolute Gasteiger partial charge is 0.132 e. The standard InChI is InChI=1S/C33H51NO3/c1-6-24(35)8-7-15-34-19-20(2)16-30-31(34)22(4)33(37-30)14-12-26-27-10-9-23-17-25(36)11-13-32(23,5)29(27)18-28(26)21(33)3/h9,20,22,25-27,29-31,36H,6-8,10-19H2,1-5H3/t20-,22+,25-,26-,27-,29-,30+,31-,32-,33-/m0/s1. The second-order valence-corrected chi connectivity index (χ2v) is 14.2. The Balaban J connectivity index is 1.26. The number of fused-ring (bicyclic) bond motifs is 6. The molecule has 2 heterocycles. The van der Waals surface area contributed by atoms with Gasteiger partial charge in [-0.05, 0) is 106 Å². The van der Waals surface area contributed by atoms with Gasteiger partial charge in [0.2, 0.25) is 0 Å². The van der Waals surface area contributed by atoms with Gasteiger partial charge < -0.3 is 9.84 Å². The first-order valence-electron chi connectivity index (χ1n) is 15.7. The molecule has 1 N–H and O–H groups in total. The number of carbonyl (C=O) groups excluding carboxylic acids is 1. The van der Waals surface area contributed by atoms with E-state index in [2.05, 4.69) is 38.7 Å². The van der Waals surface area contributed by atoms with Crippen LogP contribution in [0.2, 0.25) is 0 Å². The van der Waals surface area contributed by atoms with E-state index < -0.39 is 0 Å². The van der Waals surface area contributed by atoms with Crippen LogP contribution in [0.5, 0.6) is 0 Å². The Bertz CT molecular complexity index is 984. The minimum atomic E-state index is -0.134. The number of rotatable bonds is 5. The van der Waals surface area contributed by atoms with Crippen LogP contribution < -0.4 is 0 Å². The van der Waals surface area contributed by atoms with E-state index in [9.17, 15) is 9.90 Å². The molecule has 37 heavy (non-hydrogen) atoms. The molecule has 10 atom stereocenters. The highest BCUT2D eigenvalue weighted by atomic mass is 16.5. The van der Waals surface area contributed by atoms with Crippen LogP contribution in [0.15, 0.2) is 22.8 Å². The van der Waals surface area contributed by atoms with E-state index in [-0.39, 0.29) is 17.1 Å². The number of Topliss-reactive ketones (excluding diaryl/α,β-unsaturated/α-hetero) is 1. The SMILES string of the molecule is CCC(=O)CCCN1C[C@@H](C)C[C@H]2O[C@]3(CC[C@@H]4C(=C3C)C[C@H]3[C@H]4CC=C4C[C@@H](O)CC[C@@]43C)[C@H](C)[C@@H]21. The van der Waals surface area contributed by atoms with Gasteiger partial charge in [-0.15, -0.1) is 0 Å². The molecule has 0 aromatic rings.